The lowest BCUT2D eigenvalue weighted by molar-refractivity contribution is 0.226. The molecule has 0 aliphatic heterocycles. The van der Waals surface area contributed by atoms with E-state index in [-0.39, 0.29) is 0 Å². The predicted molar refractivity (Wildman–Crippen MR) is 89.9 cm³/mol. The normalized spacial score (nSPS) is 27.3. The van der Waals surface area contributed by atoms with E-state index in [1.807, 2.05) is 0 Å². The van der Waals surface area contributed by atoms with E-state index in [1.54, 1.807) is 7.11 Å². The Balaban J connectivity index is 1.74. The van der Waals surface area contributed by atoms with E-state index in [0.717, 1.165) is 30.0 Å². The highest BCUT2D eigenvalue weighted by molar-refractivity contribution is 5.27. The molecule has 1 N–H and O–H groups in total. The number of nitrogens with one attached hydrogen (secondary N) is 1. The number of ether oxygens (including phenoxy) is 1. The van der Waals surface area contributed by atoms with E-state index in [0.29, 0.717) is 6.04 Å². The maximum atomic E-state index is 5.20. The second-order valence-corrected chi connectivity index (χ2v) is 7.07. The maximum Gasteiger partial charge on any atom is 0.118 e. The van der Waals surface area contributed by atoms with E-state index in [1.165, 1.54) is 31.2 Å². The van der Waals surface area contributed by atoms with Crippen LogP contribution in [-0.2, 0) is 6.42 Å². The van der Waals surface area contributed by atoms with Gasteiger partial charge in [-0.2, -0.15) is 0 Å². The third kappa shape index (κ3) is 5.35. The largest absolute Gasteiger partial charge is 0.497 e. The molecule has 2 nitrogen and oxygen atoms in total. The van der Waals surface area contributed by atoms with Gasteiger partial charge in [-0.15, -0.1) is 0 Å². The predicted octanol–water partition coefficient (Wildman–Crippen LogP) is 4.43. The first-order valence-corrected chi connectivity index (χ1v) is 8.45. The van der Waals surface area contributed by atoms with Crippen LogP contribution in [0.3, 0.4) is 0 Å². The molecule has 2 rings (SSSR count). The zero-order valence-electron chi connectivity index (χ0n) is 14.1. The van der Waals surface area contributed by atoms with Gasteiger partial charge in [0.15, 0.2) is 0 Å². The Kier molecular flexibility index (Phi) is 6.10. The number of rotatable bonds is 6. The molecule has 0 aromatic heterocycles. The van der Waals surface area contributed by atoms with Crippen LogP contribution in [0.2, 0.25) is 0 Å². The highest BCUT2D eigenvalue weighted by atomic mass is 16.5. The molecule has 1 fully saturated rings. The molecule has 118 valence electrons. The van der Waals surface area contributed by atoms with Gasteiger partial charge in [0, 0.05) is 12.1 Å². The maximum absolute atomic E-state index is 5.20. The molecule has 0 radical (unpaired) electrons. The Bertz CT molecular complexity index is 404. The standard InChI is InChI=1S/C19H31NO/c1-14-11-15(2)13-18(12-14)20-16(3)5-6-17-7-9-19(21-4)10-8-17/h7-10,14-16,18,20H,5-6,11-13H2,1-4H3. The van der Waals surface area contributed by atoms with Crippen LogP contribution in [0.15, 0.2) is 24.3 Å². The van der Waals surface area contributed by atoms with Crippen molar-refractivity contribution in [3.8, 4) is 5.75 Å². The van der Waals surface area contributed by atoms with Gasteiger partial charge in [0.2, 0.25) is 0 Å². The number of hydrogen-bond acceptors (Lipinski definition) is 2. The zero-order chi connectivity index (χ0) is 15.2. The van der Waals surface area contributed by atoms with Crippen LogP contribution in [0, 0.1) is 11.8 Å². The Labute approximate surface area is 130 Å². The van der Waals surface area contributed by atoms with Gasteiger partial charge in [0.25, 0.3) is 0 Å². The fourth-order valence-electron chi connectivity index (χ4n) is 3.74. The summed E-state index contributed by atoms with van der Waals surface area (Å²) in [6.45, 7) is 7.12. The highest BCUT2D eigenvalue weighted by Gasteiger charge is 2.24. The summed E-state index contributed by atoms with van der Waals surface area (Å²) in [6.07, 6.45) is 6.43. The third-order valence-corrected chi connectivity index (χ3v) is 4.72. The molecular formula is C19H31NO. The van der Waals surface area contributed by atoms with E-state index in [4.69, 9.17) is 4.74 Å². The summed E-state index contributed by atoms with van der Waals surface area (Å²) in [5.41, 5.74) is 1.40. The van der Waals surface area contributed by atoms with Crippen molar-refractivity contribution in [3.63, 3.8) is 0 Å². The molecule has 0 amide bonds. The molecular weight excluding hydrogens is 258 g/mol. The van der Waals surface area contributed by atoms with Gasteiger partial charge >= 0.3 is 0 Å². The first kappa shape index (κ1) is 16.4. The molecule has 0 heterocycles. The van der Waals surface area contributed by atoms with E-state index < -0.39 is 0 Å². The summed E-state index contributed by atoms with van der Waals surface area (Å²) in [4.78, 5) is 0. The summed E-state index contributed by atoms with van der Waals surface area (Å²) in [5.74, 6) is 2.69. The third-order valence-electron chi connectivity index (χ3n) is 4.72. The van der Waals surface area contributed by atoms with Crippen molar-refractivity contribution < 1.29 is 4.74 Å². The second kappa shape index (κ2) is 7.84. The number of benzene rings is 1. The lowest BCUT2D eigenvalue weighted by atomic mass is 9.80. The number of hydrogen-bond donors (Lipinski definition) is 1. The number of aryl methyl sites for hydroxylation is 1. The minimum atomic E-state index is 0.592. The molecule has 1 aromatic rings. The zero-order valence-corrected chi connectivity index (χ0v) is 14.1. The van der Waals surface area contributed by atoms with Gasteiger partial charge in [0.1, 0.15) is 5.75 Å². The molecule has 1 aliphatic rings. The molecule has 2 heteroatoms. The average molecular weight is 289 g/mol. The fourth-order valence-corrected chi connectivity index (χ4v) is 3.74. The molecule has 0 spiro atoms. The Morgan fingerprint density at radius 2 is 1.71 bits per heavy atom. The van der Waals surface area contributed by atoms with Crippen molar-refractivity contribution in [2.45, 2.75) is 65.0 Å². The molecule has 1 aromatic carbocycles. The van der Waals surface area contributed by atoms with Gasteiger partial charge in [-0.05, 0) is 68.6 Å². The van der Waals surface area contributed by atoms with Gasteiger partial charge in [-0.3, -0.25) is 0 Å². The Morgan fingerprint density at radius 3 is 2.29 bits per heavy atom. The van der Waals surface area contributed by atoms with Crippen molar-refractivity contribution in [1.29, 1.82) is 0 Å². The quantitative estimate of drug-likeness (QED) is 0.836. The minimum Gasteiger partial charge on any atom is -0.497 e. The lowest BCUT2D eigenvalue weighted by Gasteiger charge is -2.34. The first-order chi connectivity index (χ1) is 10.1. The van der Waals surface area contributed by atoms with Crippen LogP contribution in [0.25, 0.3) is 0 Å². The van der Waals surface area contributed by atoms with Crippen LogP contribution < -0.4 is 10.1 Å². The van der Waals surface area contributed by atoms with E-state index in [2.05, 4.69) is 50.4 Å². The molecule has 21 heavy (non-hydrogen) atoms. The van der Waals surface area contributed by atoms with Gasteiger partial charge in [-0.1, -0.05) is 26.0 Å². The van der Waals surface area contributed by atoms with Crippen LogP contribution in [-0.4, -0.2) is 19.2 Å². The fraction of sp³-hybridized carbons (Fsp3) is 0.684. The summed E-state index contributed by atoms with van der Waals surface area (Å²) < 4.78 is 5.20. The van der Waals surface area contributed by atoms with Crippen LogP contribution in [0.5, 0.6) is 5.75 Å². The Hall–Kier alpha value is -1.02. The molecule has 1 saturated carbocycles. The smallest absolute Gasteiger partial charge is 0.118 e. The topological polar surface area (TPSA) is 21.3 Å². The first-order valence-electron chi connectivity index (χ1n) is 8.45. The minimum absolute atomic E-state index is 0.592. The monoisotopic (exact) mass is 289 g/mol. The van der Waals surface area contributed by atoms with Crippen molar-refractivity contribution in [1.82, 2.24) is 5.32 Å². The second-order valence-electron chi connectivity index (χ2n) is 7.07. The highest BCUT2D eigenvalue weighted by Crippen LogP contribution is 2.28. The van der Waals surface area contributed by atoms with Crippen molar-refractivity contribution in [2.75, 3.05) is 7.11 Å². The van der Waals surface area contributed by atoms with E-state index >= 15 is 0 Å². The Morgan fingerprint density at radius 1 is 1.10 bits per heavy atom. The summed E-state index contributed by atoms with van der Waals surface area (Å²) in [7, 11) is 1.72. The molecule has 3 atom stereocenters. The average Bonchev–Trinajstić information content (AvgIpc) is 2.44. The lowest BCUT2D eigenvalue weighted by Crippen LogP contribution is -2.41. The van der Waals surface area contributed by atoms with Crippen LogP contribution in [0.1, 0.15) is 52.0 Å². The van der Waals surface area contributed by atoms with Crippen LogP contribution in [0.4, 0.5) is 0 Å². The van der Waals surface area contributed by atoms with Crippen molar-refractivity contribution in [2.24, 2.45) is 11.8 Å². The van der Waals surface area contributed by atoms with Gasteiger partial charge in [0.05, 0.1) is 7.11 Å². The van der Waals surface area contributed by atoms with Crippen molar-refractivity contribution in [3.05, 3.63) is 29.8 Å². The summed E-state index contributed by atoms with van der Waals surface area (Å²) >= 11 is 0. The van der Waals surface area contributed by atoms with E-state index in [9.17, 15) is 0 Å². The molecule has 1 aliphatic carbocycles. The van der Waals surface area contributed by atoms with Crippen LogP contribution >= 0.6 is 0 Å². The molecule has 3 unspecified atom stereocenters. The summed E-state index contributed by atoms with van der Waals surface area (Å²) in [6, 6.07) is 9.77. The molecule has 0 bridgehead atoms. The SMILES string of the molecule is COc1ccc(CCC(C)NC2CC(C)CC(C)C2)cc1. The summed E-state index contributed by atoms with van der Waals surface area (Å²) in [5, 5.41) is 3.85. The van der Waals surface area contributed by atoms with Gasteiger partial charge < -0.3 is 10.1 Å². The molecule has 0 saturated heterocycles. The number of methoxy groups -OCH3 is 1. The van der Waals surface area contributed by atoms with Crippen molar-refractivity contribution >= 4 is 0 Å². The van der Waals surface area contributed by atoms with Gasteiger partial charge in [-0.25, -0.2) is 0 Å².